The second kappa shape index (κ2) is 7.87. The van der Waals surface area contributed by atoms with Crippen LogP contribution < -0.4 is 10.0 Å². The molecule has 122 valence electrons. The van der Waals surface area contributed by atoms with Gasteiger partial charge in [-0.1, -0.05) is 12.1 Å². The smallest absolute Gasteiger partial charge is 0.340 e. The number of carbonyl (C=O) groups is 2. The van der Waals surface area contributed by atoms with Crippen molar-refractivity contribution < 1.29 is 22.7 Å². The van der Waals surface area contributed by atoms with Crippen LogP contribution in [0, 0.1) is 0 Å². The van der Waals surface area contributed by atoms with Gasteiger partial charge in [0, 0.05) is 14.1 Å². The second-order valence-electron chi connectivity index (χ2n) is 4.42. The normalized spacial score (nSPS) is 11.3. The maximum Gasteiger partial charge on any atom is 0.340 e. The molecule has 0 spiro atoms. The molecule has 0 fully saturated rings. The molecule has 8 nitrogen and oxygen atoms in total. The SMILES string of the molecule is CCOC(=O)c1ccccc1NC(=O)CNS(=O)(=O)N(C)C. The van der Waals surface area contributed by atoms with E-state index in [1.165, 1.54) is 26.2 Å². The first kappa shape index (κ1) is 18.1. The number of hydrogen-bond acceptors (Lipinski definition) is 5. The fraction of sp³-hybridized carbons (Fsp3) is 0.385. The first-order chi connectivity index (χ1) is 10.3. The lowest BCUT2D eigenvalue weighted by Gasteiger charge is -2.13. The molecule has 0 aliphatic heterocycles. The molecule has 9 heteroatoms. The van der Waals surface area contributed by atoms with Gasteiger partial charge >= 0.3 is 5.97 Å². The number of hydrogen-bond donors (Lipinski definition) is 2. The van der Waals surface area contributed by atoms with Crippen LogP contribution in [0.2, 0.25) is 0 Å². The van der Waals surface area contributed by atoms with Gasteiger partial charge in [0.25, 0.3) is 10.2 Å². The summed E-state index contributed by atoms with van der Waals surface area (Å²) < 4.78 is 31.0. The third kappa shape index (κ3) is 5.10. The van der Waals surface area contributed by atoms with Gasteiger partial charge in [-0.2, -0.15) is 17.4 Å². The maximum atomic E-state index is 11.8. The Bertz CT molecular complexity index is 643. The van der Waals surface area contributed by atoms with Crippen molar-refractivity contribution in [2.45, 2.75) is 6.92 Å². The number of nitrogens with zero attached hydrogens (tertiary/aromatic N) is 1. The van der Waals surface area contributed by atoms with Gasteiger partial charge in [0.1, 0.15) is 0 Å². The van der Waals surface area contributed by atoms with E-state index < -0.39 is 28.6 Å². The van der Waals surface area contributed by atoms with Crippen LogP contribution in [-0.2, 0) is 19.7 Å². The summed E-state index contributed by atoms with van der Waals surface area (Å²) in [6, 6.07) is 6.32. The largest absolute Gasteiger partial charge is 0.462 e. The average molecular weight is 329 g/mol. The van der Waals surface area contributed by atoms with Gasteiger partial charge in [-0.25, -0.2) is 4.79 Å². The van der Waals surface area contributed by atoms with E-state index in [1.807, 2.05) is 0 Å². The van der Waals surface area contributed by atoms with Crippen molar-refractivity contribution in [3.8, 4) is 0 Å². The van der Waals surface area contributed by atoms with E-state index in [9.17, 15) is 18.0 Å². The Kier molecular flexibility index (Phi) is 6.47. The molecule has 2 N–H and O–H groups in total. The third-order valence-corrected chi connectivity index (χ3v) is 4.06. The van der Waals surface area contributed by atoms with Gasteiger partial charge < -0.3 is 10.1 Å². The van der Waals surface area contributed by atoms with E-state index in [2.05, 4.69) is 10.0 Å². The van der Waals surface area contributed by atoms with Crippen molar-refractivity contribution in [1.29, 1.82) is 0 Å². The summed E-state index contributed by atoms with van der Waals surface area (Å²) in [6.07, 6.45) is 0. The Morgan fingerprint density at radius 1 is 1.23 bits per heavy atom. The van der Waals surface area contributed by atoms with Gasteiger partial charge in [-0.05, 0) is 19.1 Å². The number of amides is 1. The Labute approximate surface area is 129 Å². The summed E-state index contributed by atoms with van der Waals surface area (Å²) in [5, 5.41) is 2.48. The molecule has 0 saturated carbocycles. The molecule has 0 aliphatic carbocycles. The van der Waals surface area contributed by atoms with E-state index >= 15 is 0 Å². The van der Waals surface area contributed by atoms with E-state index in [4.69, 9.17) is 4.74 Å². The van der Waals surface area contributed by atoms with Crippen LogP contribution in [0.25, 0.3) is 0 Å². The lowest BCUT2D eigenvalue weighted by atomic mass is 10.2. The van der Waals surface area contributed by atoms with Gasteiger partial charge in [-0.3, -0.25) is 4.79 Å². The van der Waals surface area contributed by atoms with E-state index in [-0.39, 0.29) is 17.9 Å². The van der Waals surface area contributed by atoms with Crippen molar-refractivity contribution in [2.75, 3.05) is 32.6 Å². The molecule has 0 saturated heterocycles. The van der Waals surface area contributed by atoms with Crippen LogP contribution in [0.4, 0.5) is 5.69 Å². The number of rotatable bonds is 7. The number of anilines is 1. The average Bonchev–Trinajstić information content (AvgIpc) is 2.46. The summed E-state index contributed by atoms with van der Waals surface area (Å²) in [6.45, 7) is 1.44. The number of ether oxygens (including phenoxy) is 1. The first-order valence-corrected chi connectivity index (χ1v) is 7.95. The molecule has 0 aliphatic rings. The zero-order valence-electron chi connectivity index (χ0n) is 12.6. The minimum atomic E-state index is -3.69. The van der Waals surface area contributed by atoms with Crippen LogP contribution >= 0.6 is 0 Å². The summed E-state index contributed by atoms with van der Waals surface area (Å²) in [4.78, 5) is 23.6. The van der Waals surface area contributed by atoms with E-state index in [0.29, 0.717) is 0 Å². The third-order valence-electron chi connectivity index (χ3n) is 2.59. The molecule has 0 bridgehead atoms. The number of esters is 1. The molecule has 1 aromatic carbocycles. The van der Waals surface area contributed by atoms with Gasteiger partial charge in [0.05, 0.1) is 24.4 Å². The molecule has 0 unspecified atom stereocenters. The Hall–Kier alpha value is -1.97. The Morgan fingerprint density at radius 3 is 2.45 bits per heavy atom. The molecule has 1 amide bonds. The van der Waals surface area contributed by atoms with Crippen LogP contribution in [-0.4, -0.2) is 51.8 Å². The number of carbonyl (C=O) groups excluding carboxylic acids is 2. The molecule has 0 heterocycles. The highest BCUT2D eigenvalue weighted by atomic mass is 32.2. The maximum absolute atomic E-state index is 11.8. The summed E-state index contributed by atoms with van der Waals surface area (Å²) in [7, 11) is -1.00. The van der Waals surface area contributed by atoms with Crippen molar-refractivity contribution in [3.05, 3.63) is 29.8 Å². The first-order valence-electron chi connectivity index (χ1n) is 6.51. The second-order valence-corrected chi connectivity index (χ2v) is 6.39. The quantitative estimate of drug-likeness (QED) is 0.695. The summed E-state index contributed by atoms with van der Waals surface area (Å²) >= 11 is 0. The van der Waals surface area contributed by atoms with Crippen LogP contribution in [0.1, 0.15) is 17.3 Å². The van der Waals surface area contributed by atoms with Crippen molar-refractivity contribution in [2.24, 2.45) is 0 Å². The molecule has 1 rings (SSSR count). The van der Waals surface area contributed by atoms with Crippen LogP contribution in [0.5, 0.6) is 0 Å². The predicted octanol–water partition coefficient (Wildman–Crippen LogP) is 0.198. The number of nitrogens with one attached hydrogen (secondary N) is 2. The van der Waals surface area contributed by atoms with E-state index in [1.54, 1.807) is 19.1 Å². The minimum absolute atomic E-state index is 0.202. The molecule has 1 aromatic rings. The number of benzene rings is 1. The molecule has 22 heavy (non-hydrogen) atoms. The van der Waals surface area contributed by atoms with Crippen LogP contribution in [0.3, 0.4) is 0 Å². The predicted molar refractivity (Wildman–Crippen MR) is 81.6 cm³/mol. The lowest BCUT2D eigenvalue weighted by molar-refractivity contribution is -0.115. The molecular weight excluding hydrogens is 310 g/mol. The van der Waals surface area contributed by atoms with Crippen molar-refractivity contribution >= 4 is 27.8 Å². The standard InChI is InChI=1S/C13H19N3O5S/c1-4-21-13(18)10-7-5-6-8-11(10)15-12(17)9-14-22(19,20)16(2)3/h5-8,14H,4,9H2,1-3H3,(H,15,17). The monoisotopic (exact) mass is 329 g/mol. The number of para-hydroxylation sites is 1. The summed E-state index contributed by atoms with van der Waals surface area (Å²) in [5.74, 6) is -1.16. The zero-order valence-corrected chi connectivity index (χ0v) is 13.4. The van der Waals surface area contributed by atoms with Gasteiger partial charge in [0.2, 0.25) is 5.91 Å². The topological polar surface area (TPSA) is 105 Å². The van der Waals surface area contributed by atoms with Crippen molar-refractivity contribution in [1.82, 2.24) is 9.03 Å². The highest BCUT2D eigenvalue weighted by Crippen LogP contribution is 2.16. The van der Waals surface area contributed by atoms with Gasteiger partial charge in [0.15, 0.2) is 0 Å². The molecular formula is C13H19N3O5S. The van der Waals surface area contributed by atoms with Crippen LogP contribution in [0.15, 0.2) is 24.3 Å². The fourth-order valence-corrected chi connectivity index (χ4v) is 2.03. The minimum Gasteiger partial charge on any atom is -0.462 e. The molecule has 0 atom stereocenters. The fourth-order valence-electron chi connectivity index (χ4n) is 1.46. The molecule has 0 aromatic heterocycles. The highest BCUT2D eigenvalue weighted by Gasteiger charge is 2.17. The zero-order chi connectivity index (χ0) is 16.8. The highest BCUT2D eigenvalue weighted by molar-refractivity contribution is 7.87. The summed E-state index contributed by atoms with van der Waals surface area (Å²) in [5.41, 5.74) is 0.461. The van der Waals surface area contributed by atoms with E-state index in [0.717, 1.165) is 4.31 Å². The Balaban J connectivity index is 2.75. The Morgan fingerprint density at radius 2 is 1.86 bits per heavy atom. The van der Waals surface area contributed by atoms with Gasteiger partial charge in [-0.15, -0.1) is 0 Å². The van der Waals surface area contributed by atoms with Crippen molar-refractivity contribution in [3.63, 3.8) is 0 Å². The molecule has 0 radical (unpaired) electrons. The lowest BCUT2D eigenvalue weighted by Crippen LogP contribution is -2.40.